The number of aliphatic hydroxyl groups excluding tert-OH is 1. The highest BCUT2D eigenvalue weighted by molar-refractivity contribution is 8.77. The zero-order valence-corrected chi connectivity index (χ0v) is 21.0. The lowest BCUT2D eigenvalue weighted by molar-refractivity contribution is -0.0522. The van der Waals surface area contributed by atoms with Gasteiger partial charge in [0.1, 0.15) is 18.4 Å². The minimum absolute atomic E-state index is 0.0573. The monoisotopic (exact) mass is 494 g/mol. The number of carbonyl (C=O) groups is 1. The maximum absolute atomic E-state index is 13.1. The molecule has 2 aromatic rings. The number of benzene rings is 1. The van der Waals surface area contributed by atoms with Crippen molar-refractivity contribution >= 4 is 27.6 Å². The average Bonchev–Trinajstić information content (AvgIpc) is 3.16. The van der Waals surface area contributed by atoms with Crippen LogP contribution < -0.4 is 11.2 Å². The molecule has 33 heavy (non-hydrogen) atoms. The first-order chi connectivity index (χ1) is 15.5. The van der Waals surface area contributed by atoms with Crippen LogP contribution in [0.3, 0.4) is 0 Å². The van der Waals surface area contributed by atoms with Gasteiger partial charge in [-0.3, -0.25) is 14.3 Å². The predicted octanol–water partition coefficient (Wildman–Crippen LogP) is 3.59. The first kappa shape index (κ1) is 25.6. The number of aryl methyl sites for hydroxylation is 1. The molecule has 2 heterocycles. The van der Waals surface area contributed by atoms with Crippen LogP contribution in [0.15, 0.2) is 40.1 Å². The smallest absolute Gasteiger partial charge is 0.338 e. The van der Waals surface area contributed by atoms with Crippen LogP contribution in [0.4, 0.5) is 0 Å². The first-order valence-corrected chi connectivity index (χ1v) is 12.9. The number of hydrogen-bond acceptors (Lipinski definition) is 8. The van der Waals surface area contributed by atoms with Gasteiger partial charge < -0.3 is 14.6 Å². The minimum atomic E-state index is -0.784. The standard InChI is InChI=1S/C23H30N2O6S2/c1-13-11-25(22(29)24-20(13)27)19-10-17(18(12-26)30-19)31-21(28)16-9-7-6-8-15(16)14(2)32-33-23(3,4)5/h6-9,11,14,17-19,26H,10,12H2,1-5H3,(H,24,27,29)/t14?,17-,18-,19-/m1/s1. The van der Waals surface area contributed by atoms with Gasteiger partial charge in [-0.25, -0.2) is 9.59 Å². The summed E-state index contributed by atoms with van der Waals surface area (Å²) in [5.41, 5.74) is 0.598. The van der Waals surface area contributed by atoms with Gasteiger partial charge in [0, 0.05) is 28.2 Å². The molecule has 0 bridgehead atoms. The Morgan fingerprint density at radius 3 is 2.70 bits per heavy atom. The molecule has 1 unspecified atom stereocenters. The van der Waals surface area contributed by atoms with E-state index in [2.05, 4.69) is 25.8 Å². The van der Waals surface area contributed by atoms with Crippen molar-refractivity contribution in [2.75, 3.05) is 6.61 Å². The summed E-state index contributed by atoms with van der Waals surface area (Å²) in [5.74, 6) is -0.503. The molecule has 1 aromatic heterocycles. The van der Waals surface area contributed by atoms with Crippen LogP contribution in [0, 0.1) is 6.92 Å². The van der Waals surface area contributed by atoms with E-state index >= 15 is 0 Å². The molecule has 3 rings (SSSR count). The summed E-state index contributed by atoms with van der Waals surface area (Å²) in [6.45, 7) is 9.67. The molecule has 1 aromatic carbocycles. The molecule has 180 valence electrons. The zero-order chi connectivity index (χ0) is 24.3. The number of hydrogen-bond donors (Lipinski definition) is 2. The summed E-state index contributed by atoms with van der Waals surface area (Å²) in [4.78, 5) is 39.2. The van der Waals surface area contributed by atoms with Crippen molar-refractivity contribution in [1.29, 1.82) is 0 Å². The maximum atomic E-state index is 13.1. The molecular weight excluding hydrogens is 464 g/mol. The lowest BCUT2D eigenvalue weighted by atomic mass is 10.0. The molecule has 1 saturated heterocycles. The minimum Gasteiger partial charge on any atom is -0.456 e. The molecule has 0 spiro atoms. The second-order valence-corrected chi connectivity index (χ2v) is 12.4. The topological polar surface area (TPSA) is 111 Å². The van der Waals surface area contributed by atoms with Crippen molar-refractivity contribution in [3.05, 3.63) is 68.0 Å². The average molecular weight is 495 g/mol. The third-order valence-corrected chi connectivity index (χ3v) is 8.93. The number of esters is 1. The molecule has 4 atom stereocenters. The Morgan fingerprint density at radius 1 is 1.33 bits per heavy atom. The summed E-state index contributed by atoms with van der Waals surface area (Å²) < 4.78 is 12.9. The number of H-pyrrole nitrogens is 1. The SMILES string of the molecule is Cc1cn([C@H]2C[C@@H](OC(=O)c3ccccc3C(C)SSC(C)(C)C)[C@@H](CO)O2)c(=O)[nH]c1=O. The molecule has 2 N–H and O–H groups in total. The van der Waals surface area contributed by atoms with Crippen molar-refractivity contribution in [1.82, 2.24) is 9.55 Å². The van der Waals surface area contributed by atoms with E-state index in [1.807, 2.05) is 19.1 Å². The summed E-state index contributed by atoms with van der Waals surface area (Å²) >= 11 is 0. The quantitative estimate of drug-likeness (QED) is 0.444. The molecule has 10 heteroatoms. The highest BCUT2D eigenvalue weighted by Gasteiger charge is 2.39. The Bertz CT molecular complexity index is 1110. The molecule has 0 amide bonds. The van der Waals surface area contributed by atoms with Gasteiger partial charge in [0.25, 0.3) is 5.56 Å². The van der Waals surface area contributed by atoms with Crippen molar-refractivity contribution < 1.29 is 19.4 Å². The maximum Gasteiger partial charge on any atom is 0.338 e. The Labute approximate surface area is 200 Å². The molecule has 1 aliphatic heterocycles. The third kappa shape index (κ3) is 6.32. The summed E-state index contributed by atoms with van der Waals surface area (Å²) in [7, 11) is 3.44. The van der Waals surface area contributed by atoms with Crippen molar-refractivity contribution in [2.24, 2.45) is 0 Å². The van der Waals surface area contributed by atoms with Crippen LogP contribution in [0.25, 0.3) is 0 Å². The van der Waals surface area contributed by atoms with E-state index in [0.29, 0.717) is 11.1 Å². The lowest BCUT2D eigenvalue weighted by Crippen LogP contribution is -2.33. The number of ether oxygens (including phenoxy) is 2. The van der Waals surface area contributed by atoms with Crippen molar-refractivity contribution in [3.63, 3.8) is 0 Å². The summed E-state index contributed by atoms with van der Waals surface area (Å²) in [6.07, 6.45) is -0.712. The fourth-order valence-electron chi connectivity index (χ4n) is 3.47. The van der Waals surface area contributed by atoms with Crippen LogP contribution in [0.1, 0.15) is 67.1 Å². The third-order valence-electron chi connectivity index (χ3n) is 5.14. The Morgan fingerprint density at radius 2 is 2.03 bits per heavy atom. The molecule has 0 saturated carbocycles. The lowest BCUT2D eigenvalue weighted by Gasteiger charge is -2.22. The van der Waals surface area contributed by atoms with E-state index in [1.54, 1.807) is 40.6 Å². The molecule has 1 aliphatic rings. The highest BCUT2D eigenvalue weighted by Crippen LogP contribution is 2.45. The van der Waals surface area contributed by atoms with Crippen LogP contribution >= 0.6 is 21.6 Å². The largest absolute Gasteiger partial charge is 0.456 e. The van der Waals surface area contributed by atoms with E-state index in [-0.39, 0.29) is 23.0 Å². The van der Waals surface area contributed by atoms with Gasteiger partial charge in [-0.1, -0.05) is 60.6 Å². The molecular formula is C23H30N2O6S2. The van der Waals surface area contributed by atoms with E-state index in [9.17, 15) is 19.5 Å². The van der Waals surface area contributed by atoms with Crippen LogP contribution in [0.2, 0.25) is 0 Å². The number of carbonyl (C=O) groups excluding carboxylic acids is 1. The van der Waals surface area contributed by atoms with Gasteiger partial charge in [-0.2, -0.15) is 0 Å². The van der Waals surface area contributed by atoms with Crippen LogP contribution in [0.5, 0.6) is 0 Å². The van der Waals surface area contributed by atoms with Gasteiger partial charge >= 0.3 is 11.7 Å². The van der Waals surface area contributed by atoms with Crippen molar-refractivity contribution in [2.45, 2.75) is 69.5 Å². The number of rotatable bonds is 7. The van der Waals surface area contributed by atoms with E-state index in [4.69, 9.17) is 9.47 Å². The van der Waals surface area contributed by atoms with Gasteiger partial charge in [-0.05, 0) is 25.5 Å². The van der Waals surface area contributed by atoms with E-state index < -0.39 is 35.7 Å². The van der Waals surface area contributed by atoms with Gasteiger partial charge in [0.05, 0.1) is 12.2 Å². The number of nitrogens with one attached hydrogen (secondary N) is 1. The van der Waals surface area contributed by atoms with E-state index in [0.717, 1.165) is 5.56 Å². The molecule has 1 fully saturated rings. The Balaban J connectivity index is 1.77. The Kier molecular flexibility index (Phi) is 8.15. The fraction of sp³-hybridized carbons (Fsp3) is 0.522. The van der Waals surface area contributed by atoms with Gasteiger partial charge in [0.2, 0.25) is 0 Å². The normalized spacial score (nSPS) is 21.7. The number of aliphatic hydroxyl groups is 1. The second-order valence-electron chi connectivity index (χ2n) is 8.99. The zero-order valence-electron chi connectivity index (χ0n) is 19.4. The fourth-order valence-corrected chi connectivity index (χ4v) is 5.82. The predicted molar refractivity (Wildman–Crippen MR) is 131 cm³/mol. The molecule has 8 nitrogen and oxygen atoms in total. The highest BCUT2D eigenvalue weighted by atomic mass is 33.1. The van der Waals surface area contributed by atoms with Crippen molar-refractivity contribution in [3.8, 4) is 0 Å². The molecule has 0 aliphatic carbocycles. The molecule has 0 radical (unpaired) electrons. The van der Waals surface area contributed by atoms with Crippen LogP contribution in [-0.2, 0) is 9.47 Å². The number of nitrogens with zero attached hydrogens (tertiary/aromatic N) is 1. The van der Waals surface area contributed by atoms with Gasteiger partial charge in [-0.15, -0.1) is 0 Å². The second kappa shape index (κ2) is 10.5. The van der Waals surface area contributed by atoms with Gasteiger partial charge in [0.15, 0.2) is 0 Å². The van der Waals surface area contributed by atoms with Crippen LogP contribution in [-0.4, -0.2) is 44.2 Å². The summed E-state index contributed by atoms with van der Waals surface area (Å²) in [5, 5.41) is 9.83. The Hall–Kier alpha value is -2.01. The summed E-state index contributed by atoms with van der Waals surface area (Å²) in [6, 6.07) is 7.32. The number of aromatic amines is 1. The number of aromatic nitrogens is 2. The van der Waals surface area contributed by atoms with E-state index in [1.165, 1.54) is 10.8 Å². The first-order valence-electron chi connectivity index (χ1n) is 10.7.